The van der Waals surface area contributed by atoms with Gasteiger partial charge in [-0.3, -0.25) is 9.89 Å². The van der Waals surface area contributed by atoms with Gasteiger partial charge in [0.25, 0.3) is 0 Å². The molecule has 0 amide bonds. The number of halogens is 1. The molecule has 1 aromatic heterocycles. The Hall–Kier alpha value is -0.980. The van der Waals surface area contributed by atoms with E-state index in [1.165, 1.54) is 12.8 Å². The van der Waals surface area contributed by atoms with Crippen LogP contribution >= 0.6 is 24.0 Å². The second-order valence-electron chi connectivity index (χ2n) is 8.67. The van der Waals surface area contributed by atoms with E-state index in [0.717, 1.165) is 83.7 Å². The number of aliphatic imine (C=N–C) groups is 1. The molecule has 0 bridgehead atoms. The molecule has 1 atom stereocenters. The number of hydrogen-bond donors (Lipinski definition) is 2. The highest BCUT2D eigenvalue weighted by atomic mass is 127. The molecule has 1 unspecified atom stereocenters. The largest absolute Gasteiger partial charge is 0.379 e. The minimum atomic E-state index is -0.0105. The van der Waals surface area contributed by atoms with Crippen molar-refractivity contribution in [3.8, 4) is 0 Å². The molecule has 2 saturated heterocycles. The van der Waals surface area contributed by atoms with Gasteiger partial charge in [0.2, 0.25) is 0 Å². The number of ether oxygens (including phenoxy) is 2. The van der Waals surface area contributed by atoms with Crippen LogP contribution in [0.3, 0.4) is 0 Å². The molecule has 3 rings (SSSR count). The van der Waals surface area contributed by atoms with Gasteiger partial charge < -0.3 is 24.7 Å². The maximum Gasteiger partial charge on any atom is 0.191 e. The molecule has 1 aromatic rings. The second kappa shape index (κ2) is 13.5. The smallest absolute Gasteiger partial charge is 0.191 e. The molecule has 0 aliphatic carbocycles. The lowest BCUT2D eigenvalue weighted by Gasteiger charge is -2.40. The predicted molar refractivity (Wildman–Crippen MR) is 133 cm³/mol. The van der Waals surface area contributed by atoms with Gasteiger partial charge in [-0.15, -0.1) is 34.2 Å². The van der Waals surface area contributed by atoms with Crippen molar-refractivity contribution in [3.05, 3.63) is 12.2 Å². The molecule has 2 N–H and O–H groups in total. The van der Waals surface area contributed by atoms with Crippen LogP contribution in [0, 0.1) is 0 Å². The summed E-state index contributed by atoms with van der Waals surface area (Å²) in [6, 6.07) is 0. The summed E-state index contributed by atoms with van der Waals surface area (Å²) in [5.41, 5.74) is -0.0105. The highest BCUT2D eigenvalue weighted by Gasteiger charge is 2.28. The summed E-state index contributed by atoms with van der Waals surface area (Å²) in [6.07, 6.45) is 6.46. The van der Waals surface area contributed by atoms with Crippen LogP contribution in [-0.2, 0) is 22.4 Å². The second-order valence-corrected chi connectivity index (χ2v) is 8.67. The summed E-state index contributed by atoms with van der Waals surface area (Å²) in [5.74, 6) is 1.85. The number of guanidine groups is 1. The van der Waals surface area contributed by atoms with Crippen molar-refractivity contribution in [2.24, 2.45) is 4.99 Å². The SMILES string of the molecule is CCc1nncn1CCNC(=NCC(C)(C)N1CCOCC1)NCC1CCCCO1.I. The van der Waals surface area contributed by atoms with Crippen molar-refractivity contribution in [1.82, 2.24) is 30.3 Å². The van der Waals surface area contributed by atoms with Gasteiger partial charge in [-0.1, -0.05) is 6.92 Å². The lowest BCUT2D eigenvalue weighted by atomic mass is 10.0. The van der Waals surface area contributed by atoms with Crippen molar-refractivity contribution in [1.29, 1.82) is 0 Å². The van der Waals surface area contributed by atoms with Gasteiger partial charge in [0, 0.05) is 51.3 Å². The quantitative estimate of drug-likeness (QED) is 0.275. The first-order valence-electron chi connectivity index (χ1n) is 11.4. The minimum Gasteiger partial charge on any atom is -0.379 e. The van der Waals surface area contributed by atoms with Crippen molar-refractivity contribution >= 4 is 29.9 Å². The van der Waals surface area contributed by atoms with Gasteiger partial charge in [-0.05, 0) is 33.1 Å². The van der Waals surface area contributed by atoms with Gasteiger partial charge in [0.15, 0.2) is 5.96 Å². The van der Waals surface area contributed by atoms with Crippen LogP contribution in [0.2, 0.25) is 0 Å². The molecule has 10 heteroatoms. The third-order valence-electron chi connectivity index (χ3n) is 5.92. The van der Waals surface area contributed by atoms with Crippen LogP contribution in [-0.4, -0.2) is 89.8 Å². The van der Waals surface area contributed by atoms with E-state index in [0.29, 0.717) is 0 Å². The first-order chi connectivity index (χ1) is 14.6. The molecular formula is C21H40IN7O2. The lowest BCUT2D eigenvalue weighted by Crippen LogP contribution is -2.52. The summed E-state index contributed by atoms with van der Waals surface area (Å²) in [7, 11) is 0. The Morgan fingerprint density at radius 1 is 1.23 bits per heavy atom. The average molecular weight is 550 g/mol. The molecule has 31 heavy (non-hydrogen) atoms. The van der Waals surface area contributed by atoms with Gasteiger partial charge in [0.1, 0.15) is 12.2 Å². The van der Waals surface area contributed by atoms with Gasteiger partial charge >= 0.3 is 0 Å². The van der Waals surface area contributed by atoms with E-state index in [4.69, 9.17) is 14.5 Å². The van der Waals surface area contributed by atoms with Crippen LogP contribution in [0.5, 0.6) is 0 Å². The van der Waals surface area contributed by atoms with Crippen molar-refractivity contribution < 1.29 is 9.47 Å². The molecule has 0 saturated carbocycles. The van der Waals surface area contributed by atoms with Crippen LogP contribution < -0.4 is 10.6 Å². The number of nitrogens with one attached hydrogen (secondary N) is 2. The number of rotatable bonds is 9. The Balaban J connectivity index is 0.00000341. The average Bonchev–Trinajstić information content (AvgIpc) is 3.24. The van der Waals surface area contributed by atoms with E-state index < -0.39 is 0 Å². The molecule has 3 heterocycles. The van der Waals surface area contributed by atoms with E-state index in [-0.39, 0.29) is 35.6 Å². The normalized spacial score (nSPS) is 20.9. The monoisotopic (exact) mass is 549 g/mol. The van der Waals surface area contributed by atoms with E-state index in [1.54, 1.807) is 6.33 Å². The van der Waals surface area contributed by atoms with E-state index in [9.17, 15) is 0 Å². The van der Waals surface area contributed by atoms with Crippen LogP contribution in [0.25, 0.3) is 0 Å². The van der Waals surface area contributed by atoms with Crippen LogP contribution in [0.15, 0.2) is 11.3 Å². The number of nitrogens with zero attached hydrogens (tertiary/aromatic N) is 5. The van der Waals surface area contributed by atoms with Crippen molar-refractivity contribution in [2.45, 2.75) is 64.6 Å². The summed E-state index contributed by atoms with van der Waals surface area (Å²) in [6.45, 7) is 14.1. The zero-order chi connectivity index (χ0) is 21.2. The Bertz CT molecular complexity index is 656. The third-order valence-corrected chi connectivity index (χ3v) is 5.92. The fourth-order valence-corrected chi connectivity index (χ4v) is 3.93. The van der Waals surface area contributed by atoms with Crippen molar-refractivity contribution in [3.63, 3.8) is 0 Å². The van der Waals surface area contributed by atoms with Gasteiger partial charge in [-0.25, -0.2) is 0 Å². The Morgan fingerprint density at radius 2 is 2.03 bits per heavy atom. The molecule has 0 spiro atoms. The highest BCUT2D eigenvalue weighted by molar-refractivity contribution is 14.0. The molecular weight excluding hydrogens is 509 g/mol. The van der Waals surface area contributed by atoms with E-state index in [1.807, 2.05) is 0 Å². The number of aromatic nitrogens is 3. The fourth-order valence-electron chi connectivity index (χ4n) is 3.93. The fraction of sp³-hybridized carbons (Fsp3) is 0.857. The first-order valence-corrected chi connectivity index (χ1v) is 11.4. The molecule has 2 aliphatic heterocycles. The van der Waals surface area contributed by atoms with E-state index in [2.05, 4.69) is 51.1 Å². The summed E-state index contributed by atoms with van der Waals surface area (Å²) < 4.78 is 13.5. The Labute approximate surface area is 203 Å². The molecule has 178 valence electrons. The molecule has 0 radical (unpaired) electrons. The third kappa shape index (κ3) is 8.47. The minimum absolute atomic E-state index is 0. The number of aryl methyl sites for hydroxylation is 1. The highest BCUT2D eigenvalue weighted by Crippen LogP contribution is 2.16. The zero-order valence-corrected chi connectivity index (χ0v) is 21.6. The van der Waals surface area contributed by atoms with E-state index >= 15 is 0 Å². The topological polar surface area (TPSA) is 88.8 Å². The predicted octanol–water partition coefficient (Wildman–Crippen LogP) is 1.67. The zero-order valence-electron chi connectivity index (χ0n) is 19.3. The molecule has 2 fully saturated rings. The van der Waals surface area contributed by atoms with Crippen LogP contribution in [0.4, 0.5) is 0 Å². The first kappa shape index (κ1) is 26.3. The number of hydrogen-bond acceptors (Lipinski definition) is 6. The Morgan fingerprint density at radius 3 is 2.74 bits per heavy atom. The summed E-state index contributed by atoms with van der Waals surface area (Å²) in [5, 5.41) is 15.2. The maximum absolute atomic E-state index is 5.87. The summed E-state index contributed by atoms with van der Waals surface area (Å²) in [4.78, 5) is 7.40. The Kier molecular flexibility index (Phi) is 11.5. The van der Waals surface area contributed by atoms with Gasteiger partial charge in [-0.2, -0.15) is 0 Å². The molecule has 2 aliphatic rings. The molecule has 0 aromatic carbocycles. The standard InChI is InChI=1S/C21H39N7O2.HI/c1-4-19-26-25-17-27(19)9-8-22-20(23-15-18-7-5-6-12-30-18)24-16-21(2,3)28-10-13-29-14-11-28;/h17-18H,4-16H2,1-3H3,(H2,22,23,24);1H. The lowest BCUT2D eigenvalue weighted by molar-refractivity contribution is -0.00686. The molecule has 9 nitrogen and oxygen atoms in total. The summed E-state index contributed by atoms with van der Waals surface area (Å²) >= 11 is 0. The van der Waals surface area contributed by atoms with Gasteiger partial charge in [0.05, 0.1) is 25.9 Å². The van der Waals surface area contributed by atoms with Crippen molar-refractivity contribution in [2.75, 3.05) is 52.5 Å². The maximum atomic E-state index is 5.87. The number of morpholine rings is 1. The van der Waals surface area contributed by atoms with Crippen LogP contribution in [0.1, 0.15) is 45.9 Å².